The predicted octanol–water partition coefficient (Wildman–Crippen LogP) is -1.17. The molecule has 0 aliphatic heterocycles. The second-order valence-corrected chi connectivity index (χ2v) is 2.26. The van der Waals surface area contributed by atoms with Gasteiger partial charge in [0.1, 0.15) is 5.92 Å². The average Bonchev–Trinajstić information content (AvgIpc) is 1.97. The van der Waals surface area contributed by atoms with Gasteiger partial charge < -0.3 is 15.9 Å². The summed E-state index contributed by atoms with van der Waals surface area (Å²) in [6.45, 7) is 0.00397. The van der Waals surface area contributed by atoms with Gasteiger partial charge in [-0.05, 0) is 13.0 Å². The Balaban J connectivity index is 4.28. The van der Waals surface area contributed by atoms with Crippen molar-refractivity contribution in [2.45, 2.75) is 6.42 Å². The third kappa shape index (κ3) is 4.06. The first-order valence-electron chi connectivity index (χ1n) is 3.45. The number of carboxylic acids is 1. The van der Waals surface area contributed by atoms with E-state index in [2.05, 4.69) is 0 Å². The summed E-state index contributed by atoms with van der Waals surface area (Å²) < 4.78 is 0. The van der Waals surface area contributed by atoms with E-state index in [9.17, 15) is 14.4 Å². The van der Waals surface area contributed by atoms with Gasteiger partial charge in [-0.3, -0.25) is 14.9 Å². The second kappa shape index (κ2) is 5.09. The molecular formula is C6H10N2O5. The molecule has 0 aromatic carbocycles. The third-order valence-corrected chi connectivity index (χ3v) is 1.30. The van der Waals surface area contributed by atoms with Gasteiger partial charge in [0.2, 0.25) is 5.91 Å². The summed E-state index contributed by atoms with van der Waals surface area (Å²) in [5.74, 6) is -3.85. The fraction of sp³-hybridized carbons (Fsp3) is 0.500. The zero-order valence-electron chi connectivity index (χ0n) is 6.69. The van der Waals surface area contributed by atoms with E-state index in [0.29, 0.717) is 0 Å². The number of hydrogen-bond donors (Lipinski definition) is 4. The maximum Gasteiger partial charge on any atom is 0.411 e. The molecule has 5 N–H and O–H groups in total. The number of nitrogens with two attached hydrogens (primary N) is 1. The van der Waals surface area contributed by atoms with Gasteiger partial charge in [-0.2, -0.15) is 0 Å². The van der Waals surface area contributed by atoms with Gasteiger partial charge in [-0.25, -0.2) is 4.79 Å². The molecule has 0 radical (unpaired) electrons. The number of amides is 2. The highest BCUT2D eigenvalue weighted by Crippen LogP contribution is 2.01. The van der Waals surface area contributed by atoms with Crippen LogP contribution in [-0.4, -0.2) is 34.7 Å². The SMILES string of the molecule is NCCC(C(=O)O)C(=O)NC(=O)O. The Morgan fingerprint density at radius 3 is 2.15 bits per heavy atom. The minimum atomic E-state index is -1.58. The Morgan fingerprint density at radius 1 is 1.31 bits per heavy atom. The van der Waals surface area contributed by atoms with Crippen LogP contribution < -0.4 is 11.1 Å². The zero-order valence-corrected chi connectivity index (χ0v) is 6.69. The maximum atomic E-state index is 10.9. The first kappa shape index (κ1) is 11.4. The first-order valence-corrected chi connectivity index (χ1v) is 3.45. The smallest absolute Gasteiger partial charge is 0.411 e. The lowest BCUT2D eigenvalue weighted by Gasteiger charge is -2.08. The normalized spacial score (nSPS) is 11.8. The summed E-state index contributed by atoms with van der Waals surface area (Å²) >= 11 is 0. The summed E-state index contributed by atoms with van der Waals surface area (Å²) in [5, 5.41) is 18.1. The van der Waals surface area contributed by atoms with Crippen molar-refractivity contribution < 1.29 is 24.6 Å². The molecule has 7 heteroatoms. The monoisotopic (exact) mass is 190 g/mol. The lowest BCUT2D eigenvalue weighted by Crippen LogP contribution is -2.39. The van der Waals surface area contributed by atoms with Crippen LogP contribution in [-0.2, 0) is 9.59 Å². The van der Waals surface area contributed by atoms with Crippen molar-refractivity contribution >= 4 is 18.0 Å². The Kier molecular flexibility index (Phi) is 4.45. The second-order valence-electron chi connectivity index (χ2n) is 2.26. The maximum absolute atomic E-state index is 10.9. The van der Waals surface area contributed by atoms with E-state index in [4.69, 9.17) is 15.9 Å². The fourth-order valence-electron chi connectivity index (χ4n) is 0.726. The molecule has 0 fully saturated rings. The predicted molar refractivity (Wildman–Crippen MR) is 41.0 cm³/mol. The molecule has 2 amide bonds. The fourth-order valence-corrected chi connectivity index (χ4v) is 0.726. The molecule has 0 aromatic rings. The Labute approximate surface area is 73.5 Å². The summed E-state index contributed by atoms with van der Waals surface area (Å²) in [4.78, 5) is 31.2. The van der Waals surface area contributed by atoms with Crippen LogP contribution in [0.15, 0.2) is 0 Å². The molecule has 0 bridgehead atoms. The Hall–Kier alpha value is -1.63. The van der Waals surface area contributed by atoms with E-state index in [0.717, 1.165) is 0 Å². The van der Waals surface area contributed by atoms with Crippen molar-refractivity contribution in [2.75, 3.05) is 6.54 Å². The number of aliphatic carboxylic acids is 1. The lowest BCUT2D eigenvalue weighted by atomic mass is 10.1. The van der Waals surface area contributed by atoms with Crippen LogP contribution in [0.5, 0.6) is 0 Å². The molecular weight excluding hydrogens is 180 g/mol. The molecule has 0 rings (SSSR count). The minimum Gasteiger partial charge on any atom is -0.481 e. The van der Waals surface area contributed by atoms with E-state index < -0.39 is 23.9 Å². The van der Waals surface area contributed by atoms with Gasteiger partial charge in [-0.15, -0.1) is 0 Å². The van der Waals surface area contributed by atoms with Crippen LogP contribution in [0.3, 0.4) is 0 Å². The number of carboxylic acid groups (broad SMARTS) is 2. The topological polar surface area (TPSA) is 130 Å². The molecule has 13 heavy (non-hydrogen) atoms. The van der Waals surface area contributed by atoms with Gasteiger partial charge >= 0.3 is 12.1 Å². The molecule has 74 valence electrons. The molecule has 0 aliphatic carbocycles. The van der Waals surface area contributed by atoms with E-state index >= 15 is 0 Å². The van der Waals surface area contributed by atoms with Crippen LogP contribution in [0.4, 0.5) is 4.79 Å². The molecule has 1 atom stereocenters. The third-order valence-electron chi connectivity index (χ3n) is 1.30. The summed E-state index contributed by atoms with van der Waals surface area (Å²) in [6, 6.07) is 0. The Morgan fingerprint density at radius 2 is 1.85 bits per heavy atom. The van der Waals surface area contributed by atoms with Gasteiger partial charge in [0.15, 0.2) is 0 Å². The van der Waals surface area contributed by atoms with Crippen LogP contribution in [0.1, 0.15) is 6.42 Å². The van der Waals surface area contributed by atoms with Crippen molar-refractivity contribution in [1.29, 1.82) is 0 Å². The molecule has 0 saturated carbocycles. The van der Waals surface area contributed by atoms with Crippen molar-refractivity contribution in [3.63, 3.8) is 0 Å². The highest BCUT2D eigenvalue weighted by atomic mass is 16.4. The number of rotatable bonds is 4. The average molecular weight is 190 g/mol. The first-order chi connectivity index (χ1) is 5.99. The largest absolute Gasteiger partial charge is 0.481 e. The standard InChI is InChI=1S/C6H10N2O5/c7-2-1-3(5(10)11)4(9)8-6(12)13/h3H,1-2,7H2,(H,8,9)(H,10,11)(H,12,13). The quantitative estimate of drug-likeness (QED) is 0.413. The molecule has 0 saturated heterocycles. The van der Waals surface area contributed by atoms with Crippen LogP contribution in [0.2, 0.25) is 0 Å². The minimum absolute atomic E-state index is 0.00397. The van der Waals surface area contributed by atoms with Gasteiger partial charge in [0.25, 0.3) is 0 Å². The van der Waals surface area contributed by atoms with Crippen LogP contribution >= 0.6 is 0 Å². The van der Waals surface area contributed by atoms with Crippen LogP contribution in [0, 0.1) is 5.92 Å². The lowest BCUT2D eigenvalue weighted by molar-refractivity contribution is -0.146. The number of hydrogen-bond acceptors (Lipinski definition) is 4. The molecule has 7 nitrogen and oxygen atoms in total. The van der Waals surface area contributed by atoms with E-state index in [1.54, 1.807) is 0 Å². The highest BCUT2D eigenvalue weighted by molar-refractivity contribution is 6.02. The van der Waals surface area contributed by atoms with Gasteiger partial charge in [0.05, 0.1) is 0 Å². The molecule has 0 aromatic heterocycles. The molecule has 0 heterocycles. The number of imide groups is 1. The molecule has 0 aliphatic rings. The van der Waals surface area contributed by atoms with E-state index in [-0.39, 0.29) is 13.0 Å². The number of carbonyl (C=O) groups excluding carboxylic acids is 1. The summed E-state index contributed by atoms with van der Waals surface area (Å²) in [7, 11) is 0. The van der Waals surface area contributed by atoms with Crippen molar-refractivity contribution in [2.24, 2.45) is 11.7 Å². The summed E-state index contributed by atoms with van der Waals surface area (Å²) in [6.07, 6.45) is -1.66. The Bertz CT molecular complexity index is 227. The zero-order chi connectivity index (χ0) is 10.4. The molecule has 0 spiro atoms. The number of nitrogens with one attached hydrogen (secondary N) is 1. The van der Waals surface area contributed by atoms with Gasteiger partial charge in [-0.1, -0.05) is 0 Å². The molecule has 1 unspecified atom stereocenters. The van der Waals surface area contributed by atoms with Gasteiger partial charge in [0, 0.05) is 0 Å². The van der Waals surface area contributed by atoms with Crippen molar-refractivity contribution in [3.8, 4) is 0 Å². The van der Waals surface area contributed by atoms with Crippen molar-refractivity contribution in [3.05, 3.63) is 0 Å². The van der Waals surface area contributed by atoms with E-state index in [1.165, 1.54) is 5.32 Å². The van der Waals surface area contributed by atoms with Crippen molar-refractivity contribution in [1.82, 2.24) is 5.32 Å². The highest BCUT2D eigenvalue weighted by Gasteiger charge is 2.26. The van der Waals surface area contributed by atoms with Crippen LogP contribution in [0.25, 0.3) is 0 Å². The number of carbonyl (C=O) groups is 3. The summed E-state index contributed by atoms with van der Waals surface area (Å²) in [5.41, 5.74) is 5.05. The van der Waals surface area contributed by atoms with E-state index in [1.807, 2.05) is 0 Å².